The highest BCUT2D eigenvalue weighted by Gasteiger charge is 2.19. The molecule has 0 atom stereocenters. The number of hydrogen-bond acceptors (Lipinski definition) is 2. The second-order valence-corrected chi connectivity index (χ2v) is 4.71. The van der Waals surface area contributed by atoms with E-state index in [0.29, 0.717) is 5.88 Å². The van der Waals surface area contributed by atoms with E-state index in [9.17, 15) is 5.11 Å². The Labute approximate surface area is 108 Å². The van der Waals surface area contributed by atoms with Gasteiger partial charge in [0.05, 0.1) is 6.61 Å². The summed E-state index contributed by atoms with van der Waals surface area (Å²) >= 11 is 5.82. The van der Waals surface area contributed by atoms with Crippen LogP contribution in [-0.2, 0) is 6.54 Å². The molecule has 1 aliphatic heterocycles. The first-order chi connectivity index (χ1) is 8.33. The van der Waals surface area contributed by atoms with E-state index in [1.165, 1.54) is 11.1 Å². The van der Waals surface area contributed by atoms with Gasteiger partial charge in [-0.3, -0.25) is 4.90 Å². The van der Waals surface area contributed by atoms with E-state index in [-0.39, 0.29) is 6.61 Å². The molecule has 0 unspecified atom stereocenters. The Bertz CT molecular complexity index is 382. The quantitative estimate of drug-likeness (QED) is 0.656. The normalized spacial score (nSPS) is 19.6. The molecule has 0 aliphatic carbocycles. The second kappa shape index (κ2) is 6.20. The zero-order chi connectivity index (χ0) is 12.1. The van der Waals surface area contributed by atoms with E-state index in [1.807, 2.05) is 6.07 Å². The van der Waals surface area contributed by atoms with Gasteiger partial charge < -0.3 is 5.11 Å². The molecule has 1 saturated heterocycles. The highest BCUT2D eigenvalue weighted by molar-refractivity contribution is 6.19. The molecular weight excluding hydrogens is 234 g/mol. The third-order valence-corrected chi connectivity index (χ3v) is 3.57. The van der Waals surface area contributed by atoms with Gasteiger partial charge in [-0.15, -0.1) is 11.6 Å². The van der Waals surface area contributed by atoms with Crippen LogP contribution in [0.5, 0.6) is 0 Å². The van der Waals surface area contributed by atoms with Crippen molar-refractivity contribution in [3.8, 4) is 0 Å². The van der Waals surface area contributed by atoms with E-state index in [1.54, 1.807) is 0 Å². The summed E-state index contributed by atoms with van der Waals surface area (Å²) in [7, 11) is 0. The first kappa shape index (κ1) is 12.6. The lowest BCUT2D eigenvalue weighted by Gasteiger charge is -2.14. The number of aliphatic hydroxyl groups is 1. The van der Waals surface area contributed by atoms with Gasteiger partial charge in [0.2, 0.25) is 0 Å². The summed E-state index contributed by atoms with van der Waals surface area (Å²) < 4.78 is 0. The molecule has 2 nitrogen and oxygen atoms in total. The van der Waals surface area contributed by atoms with Gasteiger partial charge in [-0.05, 0) is 17.6 Å². The molecule has 1 fully saturated rings. The predicted octanol–water partition coefficient (Wildman–Crippen LogP) is 2.42. The number of alkyl halides is 1. The lowest BCUT2D eigenvalue weighted by Crippen LogP contribution is -2.19. The molecule has 2 rings (SSSR count). The summed E-state index contributed by atoms with van der Waals surface area (Å²) in [6.45, 7) is 3.07. The van der Waals surface area contributed by atoms with Gasteiger partial charge in [-0.2, -0.15) is 0 Å². The molecule has 0 bridgehead atoms. The maximum atomic E-state index is 9.20. The van der Waals surface area contributed by atoms with Gasteiger partial charge in [-0.25, -0.2) is 0 Å². The Morgan fingerprint density at radius 2 is 2.06 bits per heavy atom. The van der Waals surface area contributed by atoms with Crippen molar-refractivity contribution in [2.75, 3.05) is 25.6 Å². The number of likely N-dealkylation sites (tertiary alicyclic amines) is 1. The topological polar surface area (TPSA) is 23.5 Å². The molecular formula is C14H18ClNO. The first-order valence-corrected chi connectivity index (χ1v) is 6.50. The molecule has 92 valence electrons. The van der Waals surface area contributed by atoms with Crippen molar-refractivity contribution >= 4 is 11.6 Å². The number of nitrogens with zero attached hydrogens (tertiary/aromatic N) is 1. The Balaban J connectivity index is 1.97. The fourth-order valence-corrected chi connectivity index (χ4v) is 2.51. The average Bonchev–Trinajstić information content (AvgIpc) is 2.81. The second-order valence-electron chi connectivity index (χ2n) is 4.45. The van der Waals surface area contributed by atoms with Gasteiger partial charge in [0.1, 0.15) is 0 Å². The average molecular weight is 252 g/mol. The van der Waals surface area contributed by atoms with Crippen LogP contribution in [0.2, 0.25) is 0 Å². The molecule has 0 amide bonds. The van der Waals surface area contributed by atoms with Gasteiger partial charge in [0, 0.05) is 25.5 Å². The standard InChI is InChI=1S/C14H18ClNO/c15-8-14(11-17)13-6-7-16(10-13)9-12-4-2-1-3-5-12/h1-5,17H,6-11H2/b14-13-. The van der Waals surface area contributed by atoms with Crippen LogP contribution < -0.4 is 0 Å². The van der Waals surface area contributed by atoms with Crippen molar-refractivity contribution in [3.05, 3.63) is 47.0 Å². The van der Waals surface area contributed by atoms with Crippen molar-refractivity contribution in [3.63, 3.8) is 0 Å². The van der Waals surface area contributed by atoms with Crippen LogP contribution in [0.25, 0.3) is 0 Å². The molecule has 0 radical (unpaired) electrons. The fraction of sp³-hybridized carbons (Fsp3) is 0.429. The Hall–Kier alpha value is -0.830. The fourth-order valence-electron chi connectivity index (χ4n) is 2.23. The SMILES string of the molecule is OC/C(CCl)=C1/CCN(Cc2ccccc2)C1. The summed E-state index contributed by atoms with van der Waals surface area (Å²) in [6, 6.07) is 10.5. The van der Waals surface area contributed by atoms with Gasteiger partial charge >= 0.3 is 0 Å². The number of benzene rings is 1. The minimum Gasteiger partial charge on any atom is -0.392 e. The minimum absolute atomic E-state index is 0.0952. The molecule has 3 heteroatoms. The summed E-state index contributed by atoms with van der Waals surface area (Å²) in [5.74, 6) is 0.449. The molecule has 0 aromatic heterocycles. The van der Waals surface area contributed by atoms with Crippen molar-refractivity contribution in [1.29, 1.82) is 0 Å². The van der Waals surface area contributed by atoms with Gasteiger partial charge in [-0.1, -0.05) is 35.9 Å². The van der Waals surface area contributed by atoms with Gasteiger partial charge in [0.15, 0.2) is 0 Å². The first-order valence-electron chi connectivity index (χ1n) is 5.96. The zero-order valence-electron chi connectivity index (χ0n) is 9.90. The van der Waals surface area contributed by atoms with Crippen LogP contribution in [0.3, 0.4) is 0 Å². The van der Waals surface area contributed by atoms with Crippen molar-refractivity contribution < 1.29 is 5.11 Å². The molecule has 1 heterocycles. The lowest BCUT2D eigenvalue weighted by atomic mass is 10.1. The van der Waals surface area contributed by atoms with Crippen LogP contribution in [0.1, 0.15) is 12.0 Å². The largest absolute Gasteiger partial charge is 0.392 e. The Morgan fingerprint density at radius 3 is 2.71 bits per heavy atom. The van der Waals surface area contributed by atoms with Crippen molar-refractivity contribution in [1.82, 2.24) is 4.90 Å². The van der Waals surface area contributed by atoms with E-state index < -0.39 is 0 Å². The molecule has 1 aliphatic rings. The zero-order valence-corrected chi connectivity index (χ0v) is 10.7. The number of rotatable bonds is 4. The minimum atomic E-state index is 0.0952. The van der Waals surface area contributed by atoms with Crippen LogP contribution in [-0.4, -0.2) is 35.6 Å². The van der Waals surface area contributed by atoms with Crippen molar-refractivity contribution in [2.45, 2.75) is 13.0 Å². The Morgan fingerprint density at radius 1 is 1.29 bits per heavy atom. The number of aliphatic hydroxyl groups excluding tert-OH is 1. The molecule has 0 saturated carbocycles. The predicted molar refractivity (Wildman–Crippen MR) is 71.2 cm³/mol. The van der Waals surface area contributed by atoms with E-state index in [4.69, 9.17) is 11.6 Å². The maximum Gasteiger partial charge on any atom is 0.0656 e. The molecule has 17 heavy (non-hydrogen) atoms. The van der Waals surface area contributed by atoms with E-state index in [0.717, 1.165) is 31.6 Å². The maximum absolute atomic E-state index is 9.20. The third kappa shape index (κ3) is 3.32. The monoisotopic (exact) mass is 251 g/mol. The number of halogens is 1. The van der Waals surface area contributed by atoms with Crippen LogP contribution in [0.15, 0.2) is 41.5 Å². The molecule has 0 spiro atoms. The van der Waals surface area contributed by atoms with Crippen molar-refractivity contribution in [2.24, 2.45) is 0 Å². The summed E-state index contributed by atoms with van der Waals surface area (Å²) in [6.07, 6.45) is 1.04. The summed E-state index contributed by atoms with van der Waals surface area (Å²) in [5.41, 5.74) is 3.66. The van der Waals surface area contributed by atoms with Gasteiger partial charge in [0.25, 0.3) is 0 Å². The number of hydrogen-bond donors (Lipinski definition) is 1. The summed E-state index contributed by atoms with van der Waals surface area (Å²) in [4.78, 5) is 2.40. The summed E-state index contributed by atoms with van der Waals surface area (Å²) in [5, 5.41) is 9.20. The van der Waals surface area contributed by atoms with Crippen LogP contribution in [0, 0.1) is 0 Å². The van der Waals surface area contributed by atoms with E-state index >= 15 is 0 Å². The molecule has 1 aromatic rings. The molecule has 1 aromatic carbocycles. The smallest absolute Gasteiger partial charge is 0.0656 e. The lowest BCUT2D eigenvalue weighted by molar-refractivity contribution is 0.326. The highest BCUT2D eigenvalue weighted by Crippen LogP contribution is 2.21. The van der Waals surface area contributed by atoms with Crippen LogP contribution >= 0.6 is 11.6 Å². The van der Waals surface area contributed by atoms with E-state index in [2.05, 4.69) is 29.2 Å². The third-order valence-electron chi connectivity index (χ3n) is 3.25. The highest BCUT2D eigenvalue weighted by atomic mass is 35.5. The van der Waals surface area contributed by atoms with Crippen LogP contribution in [0.4, 0.5) is 0 Å². The Kier molecular flexibility index (Phi) is 4.60. The molecule has 1 N–H and O–H groups in total.